The molecule has 124 valence electrons. The van der Waals surface area contributed by atoms with Gasteiger partial charge in [0, 0.05) is 22.6 Å². The van der Waals surface area contributed by atoms with Gasteiger partial charge < -0.3 is 20.3 Å². The van der Waals surface area contributed by atoms with E-state index in [0.29, 0.717) is 5.69 Å². The maximum atomic E-state index is 11.8. The summed E-state index contributed by atoms with van der Waals surface area (Å²) in [6.45, 7) is 8.06. The zero-order chi connectivity index (χ0) is 16.6. The molecule has 0 aromatic heterocycles. The first-order chi connectivity index (χ1) is 10.7. The van der Waals surface area contributed by atoms with Gasteiger partial charge >= 0.3 is 0 Å². The zero-order valence-corrected chi connectivity index (χ0v) is 14.1. The SMILES string of the molecule is CC1(C)O[C@@H]2[C@@H]3[C@H](C=C[C@@H]2O1)C(C)(C)[C@@]3(O)c1ccccc1N. The van der Waals surface area contributed by atoms with Crippen LogP contribution in [0.25, 0.3) is 0 Å². The summed E-state index contributed by atoms with van der Waals surface area (Å²) in [5.41, 5.74) is 6.29. The van der Waals surface area contributed by atoms with Crippen LogP contribution in [0.1, 0.15) is 33.3 Å². The van der Waals surface area contributed by atoms with Crippen molar-refractivity contribution in [2.45, 2.75) is 51.3 Å². The van der Waals surface area contributed by atoms with E-state index in [-0.39, 0.29) is 29.5 Å². The van der Waals surface area contributed by atoms with Crippen molar-refractivity contribution >= 4 is 5.69 Å². The molecule has 1 aromatic carbocycles. The van der Waals surface area contributed by atoms with Crippen LogP contribution in [-0.2, 0) is 15.1 Å². The summed E-state index contributed by atoms with van der Waals surface area (Å²) in [4.78, 5) is 0. The van der Waals surface area contributed by atoms with Crippen molar-refractivity contribution in [1.82, 2.24) is 0 Å². The van der Waals surface area contributed by atoms with Crippen LogP contribution in [0.4, 0.5) is 5.69 Å². The summed E-state index contributed by atoms with van der Waals surface area (Å²) in [7, 11) is 0. The molecule has 1 aliphatic heterocycles. The number of fused-ring (bicyclic) bond motifs is 3. The molecule has 3 aliphatic rings. The van der Waals surface area contributed by atoms with Crippen molar-refractivity contribution in [2.75, 3.05) is 5.73 Å². The lowest BCUT2D eigenvalue weighted by Crippen LogP contribution is -2.70. The number of aliphatic hydroxyl groups is 1. The smallest absolute Gasteiger partial charge is 0.164 e. The van der Waals surface area contributed by atoms with Gasteiger partial charge in [0.1, 0.15) is 11.7 Å². The molecule has 1 heterocycles. The summed E-state index contributed by atoms with van der Waals surface area (Å²) < 4.78 is 12.1. The quantitative estimate of drug-likeness (QED) is 0.618. The molecular weight excluding hydrogens is 290 g/mol. The lowest BCUT2D eigenvalue weighted by molar-refractivity contribution is -0.280. The highest BCUT2D eigenvalue weighted by molar-refractivity contribution is 5.53. The molecule has 4 nitrogen and oxygen atoms in total. The molecule has 0 radical (unpaired) electrons. The monoisotopic (exact) mass is 315 g/mol. The highest BCUT2D eigenvalue weighted by Crippen LogP contribution is 2.68. The molecule has 2 fully saturated rings. The number of allylic oxidation sites excluding steroid dienone is 1. The first-order valence-corrected chi connectivity index (χ1v) is 8.30. The lowest BCUT2D eigenvalue weighted by Gasteiger charge is -2.66. The fraction of sp³-hybridized carbons (Fsp3) is 0.579. The van der Waals surface area contributed by atoms with E-state index in [4.69, 9.17) is 15.2 Å². The van der Waals surface area contributed by atoms with E-state index in [1.807, 2.05) is 38.1 Å². The average Bonchev–Trinajstić information content (AvgIpc) is 2.79. The van der Waals surface area contributed by atoms with Crippen LogP contribution in [0.15, 0.2) is 36.4 Å². The number of nitrogens with two attached hydrogens (primary N) is 1. The van der Waals surface area contributed by atoms with Crippen molar-refractivity contribution in [2.24, 2.45) is 17.3 Å². The van der Waals surface area contributed by atoms with Gasteiger partial charge in [-0.25, -0.2) is 0 Å². The van der Waals surface area contributed by atoms with Crippen molar-refractivity contribution in [3.8, 4) is 0 Å². The Kier molecular flexibility index (Phi) is 2.89. The highest BCUT2D eigenvalue weighted by Gasteiger charge is 2.72. The zero-order valence-electron chi connectivity index (χ0n) is 14.1. The number of anilines is 1. The van der Waals surface area contributed by atoms with Gasteiger partial charge in [0.15, 0.2) is 5.79 Å². The standard InChI is InChI=1S/C19H25NO3/c1-17(2)12-9-10-14-16(23-18(3,4)22-14)15(12)19(17,21)11-7-5-6-8-13(11)20/h5-10,12,14-16,21H,20H2,1-4H3/t12-,14-,15-,16-,19+/m0/s1. The summed E-state index contributed by atoms with van der Waals surface area (Å²) in [6.07, 6.45) is 4.01. The molecule has 0 spiro atoms. The second-order valence-electron chi connectivity index (χ2n) is 8.08. The van der Waals surface area contributed by atoms with Gasteiger partial charge in [-0.2, -0.15) is 0 Å². The summed E-state index contributed by atoms with van der Waals surface area (Å²) >= 11 is 0. The molecule has 0 unspecified atom stereocenters. The molecule has 4 heteroatoms. The molecule has 3 N–H and O–H groups in total. The Morgan fingerprint density at radius 2 is 1.74 bits per heavy atom. The Morgan fingerprint density at radius 3 is 2.43 bits per heavy atom. The minimum absolute atomic E-state index is 0.0565. The van der Waals surface area contributed by atoms with Crippen LogP contribution >= 0.6 is 0 Å². The van der Waals surface area contributed by atoms with Gasteiger partial charge in [-0.05, 0) is 25.8 Å². The molecule has 5 atom stereocenters. The van der Waals surface area contributed by atoms with Crippen LogP contribution in [0.2, 0.25) is 0 Å². The van der Waals surface area contributed by atoms with Gasteiger partial charge in [0.05, 0.1) is 6.10 Å². The Balaban J connectivity index is 1.82. The Morgan fingerprint density at radius 1 is 1.04 bits per heavy atom. The van der Waals surface area contributed by atoms with E-state index < -0.39 is 11.4 Å². The number of hydrogen-bond acceptors (Lipinski definition) is 4. The summed E-state index contributed by atoms with van der Waals surface area (Å²) in [5.74, 6) is -0.443. The van der Waals surface area contributed by atoms with Crippen LogP contribution in [0.3, 0.4) is 0 Å². The second-order valence-corrected chi connectivity index (χ2v) is 8.08. The van der Waals surface area contributed by atoms with E-state index in [2.05, 4.69) is 26.0 Å². The molecular formula is C19H25NO3. The minimum Gasteiger partial charge on any atom is -0.398 e. The molecule has 2 aliphatic carbocycles. The van der Waals surface area contributed by atoms with E-state index in [1.54, 1.807) is 0 Å². The number of ether oxygens (including phenoxy) is 2. The molecule has 0 bridgehead atoms. The number of nitrogen functional groups attached to an aromatic ring is 1. The average molecular weight is 315 g/mol. The van der Waals surface area contributed by atoms with Crippen LogP contribution in [-0.4, -0.2) is 23.1 Å². The Labute approximate surface area is 137 Å². The predicted molar refractivity (Wildman–Crippen MR) is 88.5 cm³/mol. The largest absolute Gasteiger partial charge is 0.398 e. The first kappa shape index (κ1) is 15.2. The Hall–Kier alpha value is -1.36. The van der Waals surface area contributed by atoms with E-state index in [9.17, 15) is 5.11 Å². The molecule has 0 amide bonds. The lowest BCUT2D eigenvalue weighted by atomic mass is 9.40. The normalized spacial score (nSPS) is 42.7. The van der Waals surface area contributed by atoms with Crippen LogP contribution in [0, 0.1) is 17.3 Å². The highest BCUT2D eigenvalue weighted by atomic mass is 16.8. The predicted octanol–water partition coefficient (Wildman–Crippen LogP) is 2.82. The van der Waals surface area contributed by atoms with Gasteiger partial charge in [0.2, 0.25) is 0 Å². The van der Waals surface area contributed by atoms with Crippen molar-refractivity contribution < 1.29 is 14.6 Å². The van der Waals surface area contributed by atoms with Gasteiger partial charge in [-0.3, -0.25) is 0 Å². The van der Waals surface area contributed by atoms with Crippen molar-refractivity contribution in [3.63, 3.8) is 0 Å². The number of benzene rings is 1. The molecule has 1 aromatic rings. The fourth-order valence-corrected chi connectivity index (χ4v) is 4.94. The van der Waals surface area contributed by atoms with Gasteiger partial charge in [-0.1, -0.05) is 44.2 Å². The molecule has 1 saturated heterocycles. The topological polar surface area (TPSA) is 64.7 Å². The van der Waals surface area contributed by atoms with E-state index >= 15 is 0 Å². The third kappa shape index (κ3) is 1.77. The molecule has 23 heavy (non-hydrogen) atoms. The Bertz CT molecular complexity index is 681. The maximum absolute atomic E-state index is 11.8. The van der Waals surface area contributed by atoms with Gasteiger partial charge in [-0.15, -0.1) is 0 Å². The molecule has 1 saturated carbocycles. The fourth-order valence-electron chi connectivity index (χ4n) is 4.94. The number of rotatable bonds is 1. The summed E-state index contributed by atoms with van der Waals surface area (Å²) in [5, 5.41) is 11.8. The van der Waals surface area contributed by atoms with Crippen molar-refractivity contribution in [1.29, 1.82) is 0 Å². The number of para-hydroxylation sites is 1. The van der Waals surface area contributed by atoms with Crippen LogP contribution in [0.5, 0.6) is 0 Å². The minimum atomic E-state index is -1.03. The summed E-state index contributed by atoms with van der Waals surface area (Å²) in [6, 6.07) is 7.61. The third-order valence-electron chi connectivity index (χ3n) is 6.08. The van der Waals surface area contributed by atoms with E-state index in [0.717, 1.165) is 5.56 Å². The first-order valence-electron chi connectivity index (χ1n) is 8.30. The number of hydrogen-bond donors (Lipinski definition) is 2. The maximum Gasteiger partial charge on any atom is 0.164 e. The van der Waals surface area contributed by atoms with Gasteiger partial charge in [0.25, 0.3) is 0 Å². The van der Waals surface area contributed by atoms with E-state index in [1.165, 1.54) is 0 Å². The van der Waals surface area contributed by atoms with Crippen molar-refractivity contribution in [3.05, 3.63) is 42.0 Å². The third-order valence-corrected chi connectivity index (χ3v) is 6.08. The van der Waals surface area contributed by atoms with Crippen LogP contribution < -0.4 is 5.73 Å². The molecule has 4 rings (SSSR count). The second kappa shape index (κ2) is 4.38.